The van der Waals surface area contributed by atoms with E-state index in [1.807, 2.05) is 0 Å². The predicted octanol–water partition coefficient (Wildman–Crippen LogP) is -0.697. The molecule has 3 N–H and O–H groups in total. The van der Waals surface area contributed by atoms with Crippen LogP contribution >= 0.6 is 0 Å². The molecule has 0 unspecified atom stereocenters. The maximum Gasteiger partial charge on any atom is 0.158 e. The molecule has 0 bridgehead atoms. The average molecular weight is 161 g/mol. The van der Waals surface area contributed by atoms with Crippen LogP contribution in [0.15, 0.2) is 0 Å². The Bertz CT molecular complexity index is 106. The van der Waals surface area contributed by atoms with Gasteiger partial charge >= 0.3 is 0 Å². The minimum absolute atomic E-state index is 0.138. The molecule has 11 heavy (non-hydrogen) atoms. The molecule has 4 heteroatoms. The molecule has 0 aromatic carbocycles. The maximum absolute atomic E-state index is 10.5. The summed E-state index contributed by atoms with van der Waals surface area (Å²) in [7, 11) is 0. The van der Waals surface area contributed by atoms with Gasteiger partial charge in [-0.3, -0.25) is 4.79 Å². The van der Waals surface area contributed by atoms with Gasteiger partial charge in [-0.25, -0.2) is 0 Å². The Balaban J connectivity index is 2.95. The van der Waals surface area contributed by atoms with Crippen molar-refractivity contribution in [1.82, 2.24) is 0 Å². The summed E-state index contributed by atoms with van der Waals surface area (Å²) in [5, 5.41) is 8.33. The highest BCUT2D eigenvalue weighted by molar-refractivity contribution is 5.79. The number of aliphatic hydroxyl groups is 1. The van der Waals surface area contributed by atoms with Crippen LogP contribution in [0.5, 0.6) is 0 Å². The van der Waals surface area contributed by atoms with Gasteiger partial charge in [0.05, 0.1) is 6.61 Å². The van der Waals surface area contributed by atoms with Gasteiger partial charge in [0.2, 0.25) is 0 Å². The van der Waals surface area contributed by atoms with E-state index in [9.17, 15) is 4.79 Å². The molecule has 0 heterocycles. The number of ketones is 1. The van der Waals surface area contributed by atoms with Crippen LogP contribution in [0.25, 0.3) is 0 Å². The number of ether oxygens (including phenoxy) is 1. The van der Waals surface area contributed by atoms with Crippen LogP contribution in [0, 0.1) is 0 Å². The van der Waals surface area contributed by atoms with Crippen LogP contribution in [0.3, 0.4) is 0 Å². The summed E-state index contributed by atoms with van der Waals surface area (Å²) < 4.78 is 5.02. The van der Waals surface area contributed by atoms with Crippen molar-refractivity contribution in [1.29, 1.82) is 0 Å². The van der Waals surface area contributed by atoms with Crippen LogP contribution in [-0.4, -0.2) is 37.3 Å². The molecule has 0 aromatic heterocycles. The van der Waals surface area contributed by atoms with Crippen molar-refractivity contribution in [3.8, 4) is 0 Å². The highest BCUT2D eigenvalue weighted by Gasteiger charge is 1.97. The molecule has 0 aromatic rings. The molecular formula is C7H15NO3. The Morgan fingerprint density at radius 3 is 2.73 bits per heavy atom. The van der Waals surface area contributed by atoms with E-state index >= 15 is 0 Å². The third-order valence-electron chi connectivity index (χ3n) is 1.18. The predicted molar refractivity (Wildman–Crippen MR) is 41.2 cm³/mol. The lowest BCUT2D eigenvalue weighted by atomic mass is 10.2. The van der Waals surface area contributed by atoms with Crippen LogP contribution in [0.2, 0.25) is 0 Å². The largest absolute Gasteiger partial charge is 0.389 e. The van der Waals surface area contributed by atoms with E-state index in [-0.39, 0.29) is 12.4 Å². The second-order valence-corrected chi connectivity index (χ2v) is 2.20. The van der Waals surface area contributed by atoms with Crippen LogP contribution in [0.4, 0.5) is 0 Å². The van der Waals surface area contributed by atoms with Gasteiger partial charge in [-0.2, -0.15) is 0 Å². The fourth-order valence-corrected chi connectivity index (χ4v) is 0.636. The number of carbonyl (C=O) groups excluding carboxylic acids is 1. The Morgan fingerprint density at radius 1 is 1.45 bits per heavy atom. The Labute approximate surface area is 66.3 Å². The summed E-state index contributed by atoms with van der Waals surface area (Å²) in [5.41, 5.74) is 5.16. The maximum atomic E-state index is 10.5. The zero-order valence-electron chi connectivity index (χ0n) is 6.58. The second kappa shape index (κ2) is 7.65. The first kappa shape index (κ1) is 10.6. The number of rotatable bonds is 7. The number of nitrogens with two attached hydrogens (primary N) is 1. The number of hydrogen-bond acceptors (Lipinski definition) is 4. The van der Waals surface area contributed by atoms with Gasteiger partial charge in [0, 0.05) is 19.6 Å². The summed E-state index contributed by atoms with van der Waals surface area (Å²) in [5.74, 6) is -0.138. The topological polar surface area (TPSA) is 72.5 Å². The number of Topliss-reactive ketones (excluding diaryl/α,β-unsaturated/α-hetero) is 1. The molecule has 0 saturated carbocycles. The summed E-state index contributed by atoms with van der Waals surface area (Å²) >= 11 is 0. The van der Waals surface area contributed by atoms with Crippen LogP contribution in [-0.2, 0) is 9.53 Å². The van der Waals surface area contributed by atoms with E-state index < -0.39 is 0 Å². The van der Waals surface area contributed by atoms with Gasteiger partial charge in [0.1, 0.15) is 6.61 Å². The Morgan fingerprint density at radius 2 is 2.18 bits per heavy atom. The second-order valence-electron chi connectivity index (χ2n) is 2.20. The molecule has 0 saturated heterocycles. The van der Waals surface area contributed by atoms with Gasteiger partial charge in [-0.1, -0.05) is 0 Å². The van der Waals surface area contributed by atoms with Crippen molar-refractivity contribution in [3.63, 3.8) is 0 Å². The van der Waals surface area contributed by atoms with E-state index in [4.69, 9.17) is 15.6 Å². The fourth-order valence-electron chi connectivity index (χ4n) is 0.636. The summed E-state index contributed by atoms with van der Waals surface area (Å²) in [6.45, 7) is 1.22. The zero-order valence-corrected chi connectivity index (χ0v) is 6.58. The van der Waals surface area contributed by atoms with Gasteiger partial charge in [-0.05, 0) is 6.42 Å². The zero-order chi connectivity index (χ0) is 8.53. The monoisotopic (exact) mass is 161 g/mol. The lowest BCUT2D eigenvalue weighted by Crippen LogP contribution is -2.10. The van der Waals surface area contributed by atoms with E-state index in [1.54, 1.807) is 0 Å². The summed E-state index contributed by atoms with van der Waals surface area (Å²) in [6, 6.07) is 0. The van der Waals surface area contributed by atoms with Crippen LogP contribution < -0.4 is 5.73 Å². The first-order chi connectivity index (χ1) is 5.31. The molecule has 0 spiro atoms. The lowest BCUT2D eigenvalue weighted by Gasteiger charge is -2.00. The molecular weight excluding hydrogens is 146 g/mol. The van der Waals surface area contributed by atoms with Gasteiger partial charge in [0.25, 0.3) is 0 Å². The molecule has 66 valence electrons. The number of carbonyl (C=O) groups is 1. The van der Waals surface area contributed by atoms with E-state index in [1.165, 1.54) is 0 Å². The van der Waals surface area contributed by atoms with E-state index in [0.29, 0.717) is 32.6 Å². The highest BCUT2D eigenvalue weighted by atomic mass is 16.5. The molecule has 0 fully saturated rings. The average Bonchev–Trinajstić information content (AvgIpc) is 2.04. The number of aliphatic hydroxyl groups excluding tert-OH is 1. The first-order valence-corrected chi connectivity index (χ1v) is 3.71. The highest BCUT2D eigenvalue weighted by Crippen LogP contribution is 1.90. The molecule has 0 aliphatic heterocycles. The SMILES string of the molecule is NCCOCCCC(=O)CO. The van der Waals surface area contributed by atoms with Crippen molar-refractivity contribution in [3.05, 3.63) is 0 Å². The fraction of sp³-hybridized carbons (Fsp3) is 0.857. The van der Waals surface area contributed by atoms with Crippen molar-refractivity contribution < 1.29 is 14.6 Å². The van der Waals surface area contributed by atoms with Crippen molar-refractivity contribution in [2.75, 3.05) is 26.4 Å². The minimum Gasteiger partial charge on any atom is -0.389 e. The third kappa shape index (κ3) is 7.45. The molecule has 0 rings (SSSR count). The van der Waals surface area contributed by atoms with Crippen molar-refractivity contribution in [2.24, 2.45) is 5.73 Å². The third-order valence-corrected chi connectivity index (χ3v) is 1.18. The molecule has 4 nitrogen and oxygen atoms in total. The minimum atomic E-state index is -0.364. The van der Waals surface area contributed by atoms with Crippen molar-refractivity contribution in [2.45, 2.75) is 12.8 Å². The number of hydrogen-bond donors (Lipinski definition) is 2. The summed E-state index contributed by atoms with van der Waals surface area (Å²) in [4.78, 5) is 10.5. The van der Waals surface area contributed by atoms with Gasteiger partial charge in [0.15, 0.2) is 5.78 Å². The quantitative estimate of drug-likeness (QED) is 0.484. The molecule has 0 radical (unpaired) electrons. The van der Waals surface area contributed by atoms with Crippen molar-refractivity contribution >= 4 is 5.78 Å². The molecule has 0 amide bonds. The molecule has 0 aliphatic rings. The van der Waals surface area contributed by atoms with E-state index in [2.05, 4.69) is 0 Å². The van der Waals surface area contributed by atoms with Gasteiger partial charge < -0.3 is 15.6 Å². The normalized spacial score (nSPS) is 10.0. The molecule has 0 atom stereocenters. The Kier molecular flexibility index (Phi) is 7.34. The standard InChI is InChI=1S/C7H15NO3/c8-3-5-11-4-1-2-7(10)6-9/h9H,1-6,8H2. The summed E-state index contributed by atoms with van der Waals surface area (Å²) in [6.07, 6.45) is 1.06. The first-order valence-electron chi connectivity index (χ1n) is 3.71. The van der Waals surface area contributed by atoms with Gasteiger partial charge in [-0.15, -0.1) is 0 Å². The molecule has 0 aliphatic carbocycles. The van der Waals surface area contributed by atoms with Crippen LogP contribution in [0.1, 0.15) is 12.8 Å². The Hall–Kier alpha value is -0.450. The smallest absolute Gasteiger partial charge is 0.158 e. The lowest BCUT2D eigenvalue weighted by molar-refractivity contribution is -0.122. The van der Waals surface area contributed by atoms with E-state index in [0.717, 1.165) is 0 Å².